The molecule has 0 fully saturated rings. The molecule has 0 spiro atoms. The Labute approximate surface area is 89.9 Å². The minimum absolute atomic E-state index is 0.258. The SMILES string of the molecule is CCC(C)(C)CNc1ncncc1Cl. The second-order valence-electron chi connectivity index (χ2n) is 4.09. The predicted molar refractivity (Wildman–Crippen MR) is 59.6 cm³/mol. The summed E-state index contributed by atoms with van der Waals surface area (Å²) in [6.45, 7) is 7.44. The smallest absolute Gasteiger partial charge is 0.148 e. The predicted octanol–water partition coefficient (Wildman–Crippen LogP) is 2.98. The third-order valence-electron chi connectivity index (χ3n) is 2.36. The fourth-order valence-electron chi connectivity index (χ4n) is 0.891. The van der Waals surface area contributed by atoms with E-state index in [4.69, 9.17) is 11.6 Å². The summed E-state index contributed by atoms with van der Waals surface area (Å²) < 4.78 is 0. The van der Waals surface area contributed by atoms with Crippen molar-refractivity contribution in [2.75, 3.05) is 11.9 Å². The van der Waals surface area contributed by atoms with Gasteiger partial charge in [0.05, 0.1) is 6.20 Å². The van der Waals surface area contributed by atoms with Crippen LogP contribution < -0.4 is 5.32 Å². The molecule has 0 bridgehead atoms. The van der Waals surface area contributed by atoms with Crippen molar-refractivity contribution in [3.8, 4) is 0 Å². The number of hydrogen-bond donors (Lipinski definition) is 1. The first-order valence-corrected chi connectivity index (χ1v) is 5.12. The molecule has 0 atom stereocenters. The van der Waals surface area contributed by atoms with E-state index in [-0.39, 0.29) is 5.41 Å². The highest BCUT2D eigenvalue weighted by Crippen LogP contribution is 2.22. The van der Waals surface area contributed by atoms with Crippen molar-refractivity contribution >= 4 is 17.4 Å². The maximum Gasteiger partial charge on any atom is 0.148 e. The summed E-state index contributed by atoms with van der Waals surface area (Å²) in [6, 6.07) is 0. The molecule has 78 valence electrons. The maximum absolute atomic E-state index is 5.91. The Hall–Kier alpha value is -0.830. The summed E-state index contributed by atoms with van der Waals surface area (Å²) in [5.41, 5.74) is 0.258. The molecule has 1 N–H and O–H groups in total. The van der Waals surface area contributed by atoms with Crippen LogP contribution in [0.3, 0.4) is 0 Å². The number of rotatable bonds is 4. The number of nitrogens with one attached hydrogen (secondary N) is 1. The second-order valence-corrected chi connectivity index (χ2v) is 4.50. The van der Waals surface area contributed by atoms with Crippen molar-refractivity contribution in [1.29, 1.82) is 0 Å². The van der Waals surface area contributed by atoms with Crippen molar-refractivity contribution in [1.82, 2.24) is 9.97 Å². The van der Waals surface area contributed by atoms with Crippen LogP contribution in [0.4, 0.5) is 5.82 Å². The first-order valence-electron chi connectivity index (χ1n) is 4.74. The van der Waals surface area contributed by atoms with Gasteiger partial charge in [0.1, 0.15) is 17.2 Å². The molecule has 1 aromatic heterocycles. The minimum atomic E-state index is 0.258. The Morgan fingerprint density at radius 1 is 1.50 bits per heavy atom. The highest BCUT2D eigenvalue weighted by molar-refractivity contribution is 6.32. The Bertz CT molecular complexity index is 299. The quantitative estimate of drug-likeness (QED) is 0.836. The Balaban J connectivity index is 2.58. The van der Waals surface area contributed by atoms with Crippen LogP contribution in [0, 0.1) is 5.41 Å². The van der Waals surface area contributed by atoms with Crippen molar-refractivity contribution < 1.29 is 0 Å². The lowest BCUT2D eigenvalue weighted by Gasteiger charge is -2.23. The zero-order chi connectivity index (χ0) is 10.6. The van der Waals surface area contributed by atoms with E-state index in [1.165, 1.54) is 6.33 Å². The molecule has 3 nitrogen and oxygen atoms in total. The van der Waals surface area contributed by atoms with E-state index in [1.54, 1.807) is 6.20 Å². The van der Waals surface area contributed by atoms with Crippen LogP contribution in [0.15, 0.2) is 12.5 Å². The van der Waals surface area contributed by atoms with E-state index < -0.39 is 0 Å². The van der Waals surface area contributed by atoms with Crippen LogP contribution >= 0.6 is 11.6 Å². The topological polar surface area (TPSA) is 37.8 Å². The highest BCUT2D eigenvalue weighted by atomic mass is 35.5. The fraction of sp³-hybridized carbons (Fsp3) is 0.600. The Morgan fingerprint density at radius 2 is 2.21 bits per heavy atom. The van der Waals surface area contributed by atoms with Gasteiger partial charge in [0.25, 0.3) is 0 Å². The average molecular weight is 214 g/mol. The van der Waals surface area contributed by atoms with Crippen LogP contribution in [0.1, 0.15) is 27.2 Å². The molecule has 0 saturated carbocycles. The Morgan fingerprint density at radius 3 is 2.79 bits per heavy atom. The third-order valence-corrected chi connectivity index (χ3v) is 2.64. The van der Waals surface area contributed by atoms with Crippen molar-refractivity contribution in [3.05, 3.63) is 17.5 Å². The van der Waals surface area contributed by atoms with Gasteiger partial charge in [-0.3, -0.25) is 0 Å². The highest BCUT2D eigenvalue weighted by Gasteiger charge is 2.15. The molecule has 1 heterocycles. The summed E-state index contributed by atoms with van der Waals surface area (Å²) in [4.78, 5) is 7.89. The molecule has 0 aromatic carbocycles. The van der Waals surface area contributed by atoms with Crippen LogP contribution in [0.25, 0.3) is 0 Å². The van der Waals surface area contributed by atoms with E-state index in [0.29, 0.717) is 10.8 Å². The molecule has 0 aliphatic heterocycles. The van der Waals surface area contributed by atoms with Crippen LogP contribution in [-0.4, -0.2) is 16.5 Å². The van der Waals surface area contributed by atoms with E-state index in [1.807, 2.05) is 0 Å². The molecular formula is C10H16ClN3. The van der Waals surface area contributed by atoms with E-state index in [9.17, 15) is 0 Å². The molecule has 0 aliphatic rings. The largest absolute Gasteiger partial charge is 0.368 e. The Kier molecular flexibility index (Phi) is 3.69. The normalized spacial score (nSPS) is 11.4. The van der Waals surface area contributed by atoms with Crippen LogP contribution in [-0.2, 0) is 0 Å². The van der Waals surface area contributed by atoms with Gasteiger partial charge in [0.15, 0.2) is 0 Å². The molecule has 0 saturated heterocycles. The van der Waals surface area contributed by atoms with E-state index in [0.717, 1.165) is 13.0 Å². The molecule has 0 amide bonds. The number of hydrogen-bond acceptors (Lipinski definition) is 3. The first kappa shape index (κ1) is 11.2. The van der Waals surface area contributed by atoms with Gasteiger partial charge in [-0.15, -0.1) is 0 Å². The summed E-state index contributed by atoms with van der Waals surface area (Å²) >= 11 is 5.91. The molecule has 4 heteroatoms. The lowest BCUT2D eigenvalue weighted by molar-refractivity contribution is 0.376. The summed E-state index contributed by atoms with van der Waals surface area (Å²) in [6.07, 6.45) is 4.20. The number of nitrogens with zero attached hydrogens (tertiary/aromatic N) is 2. The second kappa shape index (κ2) is 4.60. The van der Waals surface area contributed by atoms with Gasteiger partial charge >= 0.3 is 0 Å². The minimum Gasteiger partial charge on any atom is -0.368 e. The van der Waals surface area contributed by atoms with Crippen molar-refractivity contribution in [3.63, 3.8) is 0 Å². The zero-order valence-corrected chi connectivity index (χ0v) is 9.60. The molecule has 14 heavy (non-hydrogen) atoms. The van der Waals surface area contributed by atoms with Crippen molar-refractivity contribution in [2.24, 2.45) is 5.41 Å². The lowest BCUT2D eigenvalue weighted by atomic mass is 9.90. The molecule has 0 radical (unpaired) electrons. The fourth-order valence-corrected chi connectivity index (χ4v) is 1.06. The molecule has 1 rings (SSSR count). The van der Waals surface area contributed by atoms with Crippen LogP contribution in [0.5, 0.6) is 0 Å². The monoisotopic (exact) mass is 213 g/mol. The zero-order valence-electron chi connectivity index (χ0n) is 8.84. The first-order chi connectivity index (χ1) is 6.55. The summed E-state index contributed by atoms with van der Waals surface area (Å²) in [5.74, 6) is 0.711. The van der Waals surface area contributed by atoms with E-state index >= 15 is 0 Å². The molecule has 0 unspecified atom stereocenters. The third kappa shape index (κ3) is 3.14. The van der Waals surface area contributed by atoms with Crippen molar-refractivity contribution in [2.45, 2.75) is 27.2 Å². The van der Waals surface area contributed by atoms with Gasteiger partial charge in [-0.05, 0) is 11.8 Å². The summed E-state index contributed by atoms with van der Waals surface area (Å²) in [5, 5.41) is 3.79. The van der Waals surface area contributed by atoms with Gasteiger partial charge in [-0.1, -0.05) is 32.4 Å². The lowest BCUT2D eigenvalue weighted by Crippen LogP contribution is -2.22. The molecule has 0 aliphatic carbocycles. The van der Waals surface area contributed by atoms with Gasteiger partial charge < -0.3 is 5.32 Å². The average Bonchev–Trinajstić information content (AvgIpc) is 2.17. The summed E-state index contributed by atoms with van der Waals surface area (Å²) in [7, 11) is 0. The van der Waals surface area contributed by atoms with Gasteiger partial charge in [0, 0.05) is 6.54 Å². The van der Waals surface area contributed by atoms with Crippen LogP contribution in [0.2, 0.25) is 5.02 Å². The van der Waals surface area contributed by atoms with E-state index in [2.05, 4.69) is 36.1 Å². The van der Waals surface area contributed by atoms with Gasteiger partial charge in [-0.25, -0.2) is 9.97 Å². The number of aromatic nitrogens is 2. The molecular weight excluding hydrogens is 198 g/mol. The standard InChI is InChI=1S/C10H16ClN3/c1-4-10(2,3)6-13-9-8(11)5-12-7-14-9/h5,7H,4,6H2,1-3H3,(H,12,13,14). The maximum atomic E-state index is 5.91. The number of halogens is 1. The number of anilines is 1. The molecule has 1 aromatic rings. The van der Waals surface area contributed by atoms with Gasteiger partial charge in [-0.2, -0.15) is 0 Å². The van der Waals surface area contributed by atoms with Gasteiger partial charge in [0.2, 0.25) is 0 Å².